The summed E-state index contributed by atoms with van der Waals surface area (Å²) < 4.78 is 10.8. The van der Waals surface area contributed by atoms with Gasteiger partial charge in [-0.15, -0.1) is 0 Å². The lowest BCUT2D eigenvalue weighted by Gasteiger charge is -2.09. The van der Waals surface area contributed by atoms with Gasteiger partial charge in [-0.25, -0.2) is 0 Å². The molecule has 2 aromatic carbocycles. The number of phenols is 1. The number of amides is 1. The van der Waals surface area contributed by atoms with E-state index < -0.39 is 5.91 Å². The molecule has 0 bridgehead atoms. The zero-order valence-electron chi connectivity index (χ0n) is 13.2. The van der Waals surface area contributed by atoms with Gasteiger partial charge in [0.1, 0.15) is 18.1 Å². The van der Waals surface area contributed by atoms with Crippen LogP contribution in [0.1, 0.15) is 21.7 Å². The van der Waals surface area contributed by atoms with Crippen molar-refractivity contribution in [3.8, 4) is 5.75 Å². The van der Waals surface area contributed by atoms with Crippen LogP contribution in [-0.4, -0.2) is 11.0 Å². The number of phenolic OH excluding ortho intramolecular Hbond substituents is 1. The van der Waals surface area contributed by atoms with Crippen molar-refractivity contribution in [2.24, 2.45) is 0 Å². The zero-order chi connectivity index (χ0) is 17.6. The molecular weight excluding hydrogens is 342 g/mol. The minimum atomic E-state index is -0.436. The van der Waals surface area contributed by atoms with Gasteiger partial charge < -0.3 is 19.6 Å². The highest BCUT2D eigenvalue weighted by molar-refractivity contribution is 6.31. The van der Waals surface area contributed by atoms with Gasteiger partial charge in [0, 0.05) is 10.7 Å². The first kappa shape index (κ1) is 17.1. The van der Waals surface area contributed by atoms with Gasteiger partial charge in [0.25, 0.3) is 5.91 Å². The van der Waals surface area contributed by atoms with E-state index in [9.17, 15) is 9.90 Å². The molecule has 5 nitrogen and oxygen atoms in total. The van der Waals surface area contributed by atoms with E-state index >= 15 is 0 Å². The van der Waals surface area contributed by atoms with Crippen LogP contribution in [0.2, 0.25) is 5.02 Å². The molecule has 2 N–H and O–H groups in total. The van der Waals surface area contributed by atoms with Gasteiger partial charge in [-0.1, -0.05) is 23.7 Å². The first-order chi connectivity index (χ1) is 12.1. The van der Waals surface area contributed by atoms with Crippen LogP contribution in [-0.2, 0) is 18.0 Å². The topological polar surface area (TPSA) is 71.7 Å². The third kappa shape index (κ3) is 4.62. The Hall–Kier alpha value is -2.76. The van der Waals surface area contributed by atoms with Crippen LogP contribution in [0.4, 0.5) is 5.69 Å². The van der Waals surface area contributed by atoms with Crippen LogP contribution < -0.4 is 5.32 Å². The number of ether oxygens (including phenoxy) is 1. The predicted octanol–water partition coefficient (Wildman–Crippen LogP) is 4.61. The van der Waals surface area contributed by atoms with Gasteiger partial charge >= 0.3 is 0 Å². The van der Waals surface area contributed by atoms with Crippen molar-refractivity contribution in [1.82, 2.24) is 0 Å². The van der Waals surface area contributed by atoms with E-state index in [0.29, 0.717) is 23.9 Å². The van der Waals surface area contributed by atoms with Crippen molar-refractivity contribution < 1.29 is 19.1 Å². The molecule has 3 aromatic rings. The number of hydrogen-bond acceptors (Lipinski definition) is 4. The Balaban J connectivity index is 1.63. The minimum Gasteiger partial charge on any atom is -0.507 e. The highest BCUT2D eigenvalue weighted by atomic mass is 35.5. The SMILES string of the molecule is O=C(Nc1cccc(COCc2ccco2)c1)c1cc(Cl)ccc1O. The number of hydrogen-bond donors (Lipinski definition) is 2. The largest absolute Gasteiger partial charge is 0.507 e. The second kappa shape index (κ2) is 7.88. The maximum atomic E-state index is 12.3. The quantitative estimate of drug-likeness (QED) is 0.675. The molecule has 1 amide bonds. The first-order valence-electron chi connectivity index (χ1n) is 7.61. The van der Waals surface area contributed by atoms with Crippen LogP contribution in [0.3, 0.4) is 0 Å². The lowest BCUT2D eigenvalue weighted by atomic mass is 10.1. The maximum absolute atomic E-state index is 12.3. The Kier molecular flexibility index (Phi) is 5.38. The second-order valence-corrected chi connectivity index (χ2v) is 5.82. The summed E-state index contributed by atoms with van der Waals surface area (Å²) >= 11 is 5.87. The second-order valence-electron chi connectivity index (χ2n) is 5.39. The molecule has 0 fully saturated rings. The van der Waals surface area contributed by atoms with E-state index in [-0.39, 0.29) is 11.3 Å². The Labute approximate surface area is 149 Å². The number of nitrogens with one attached hydrogen (secondary N) is 1. The fraction of sp³-hybridized carbons (Fsp3) is 0.105. The van der Waals surface area contributed by atoms with Crippen LogP contribution >= 0.6 is 11.6 Å². The van der Waals surface area contributed by atoms with E-state index in [1.54, 1.807) is 18.4 Å². The van der Waals surface area contributed by atoms with E-state index in [0.717, 1.165) is 11.3 Å². The van der Waals surface area contributed by atoms with Crippen molar-refractivity contribution in [2.45, 2.75) is 13.2 Å². The predicted molar refractivity (Wildman–Crippen MR) is 94.7 cm³/mol. The minimum absolute atomic E-state index is 0.118. The van der Waals surface area contributed by atoms with Crippen molar-refractivity contribution in [3.05, 3.63) is 82.8 Å². The fourth-order valence-electron chi connectivity index (χ4n) is 2.29. The van der Waals surface area contributed by atoms with Crippen molar-refractivity contribution >= 4 is 23.2 Å². The first-order valence-corrected chi connectivity index (χ1v) is 7.98. The zero-order valence-corrected chi connectivity index (χ0v) is 14.0. The smallest absolute Gasteiger partial charge is 0.259 e. The van der Waals surface area contributed by atoms with Gasteiger partial charge in [-0.05, 0) is 48.0 Å². The van der Waals surface area contributed by atoms with E-state index in [1.165, 1.54) is 18.2 Å². The van der Waals surface area contributed by atoms with Crippen LogP contribution in [0.5, 0.6) is 5.75 Å². The van der Waals surface area contributed by atoms with E-state index in [2.05, 4.69) is 5.32 Å². The number of carbonyl (C=O) groups excluding carboxylic acids is 1. The molecule has 0 unspecified atom stereocenters. The molecule has 1 aromatic heterocycles. The number of carbonyl (C=O) groups is 1. The Morgan fingerprint density at radius 2 is 2.00 bits per heavy atom. The van der Waals surface area contributed by atoms with Crippen molar-refractivity contribution in [2.75, 3.05) is 5.32 Å². The molecule has 0 aliphatic heterocycles. The number of halogens is 1. The molecule has 6 heteroatoms. The molecule has 0 spiro atoms. The lowest BCUT2D eigenvalue weighted by Crippen LogP contribution is -2.12. The summed E-state index contributed by atoms with van der Waals surface area (Å²) in [6.07, 6.45) is 1.60. The standard InChI is InChI=1S/C19H16ClNO4/c20-14-6-7-18(22)17(10-14)19(23)21-15-4-1-3-13(9-15)11-24-12-16-5-2-8-25-16/h1-10,22H,11-12H2,(H,21,23). The molecule has 0 saturated heterocycles. The molecular formula is C19H16ClNO4. The molecule has 0 aliphatic rings. The fourth-order valence-corrected chi connectivity index (χ4v) is 2.46. The summed E-state index contributed by atoms with van der Waals surface area (Å²) in [6, 6.07) is 15.3. The Bertz CT molecular complexity index is 862. The highest BCUT2D eigenvalue weighted by Gasteiger charge is 2.12. The summed E-state index contributed by atoms with van der Waals surface area (Å²) in [5.41, 5.74) is 1.62. The third-order valence-corrected chi connectivity index (χ3v) is 3.72. The lowest BCUT2D eigenvalue weighted by molar-refractivity contribution is 0.0929. The summed E-state index contributed by atoms with van der Waals surface area (Å²) in [4.78, 5) is 12.3. The maximum Gasteiger partial charge on any atom is 0.259 e. The van der Waals surface area contributed by atoms with E-state index in [4.69, 9.17) is 20.8 Å². The van der Waals surface area contributed by atoms with Crippen molar-refractivity contribution in [3.63, 3.8) is 0 Å². The van der Waals surface area contributed by atoms with Gasteiger partial charge in [-0.3, -0.25) is 4.79 Å². The summed E-state index contributed by atoms with van der Waals surface area (Å²) in [5, 5.41) is 12.9. The number of rotatable bonds is 6. The Morgan fingerprint density at radius 1 is 1.12 bits per heavy atom. The van der Waals surface area contributed by atoms with Gasteiger partial charge in [0.15, 0.2) is 0 Å². The number of anilines is 1. The molecule has 0 aliphatic carbocycles. The van der Waals surface area contributed by atoms with E-state index in [1.807, 2.05) is 24.3 Å². The molecule has 0 saturated carbocycles. The molecule has 0 radical (unpaired) electrons. The Morgan fingerprint density at radius 3 is 2.80 bits per heavy atom. The molecule has 1 heterocycles. The molecule has 25 heavy (non-hydrogen) atoms. The number of furan rings is 1. The van der Waals surface area contributed by atoms with Crippen LogP contribution in [0, 0.1) is 0 Å². The molecule has 0 atom stereocenters. The van der Waals surface area contributed by atoms with Crippen molar-refractivity contribution in [1.29, 1.82) is 0 Å². The van der Waals surface area contributed by atoms with Gasteiger partial charge in [0.05, 0.1) is 18.4 Å². The summed E-state index contributed by atoms with van der Waals surface area (Å²) in [5.74, 6) is 0.189. The normalized spacial score (nSPS) is 10.6. The number of benzene rings is 2. The van der Waals surface area contributed by atoms with Crippen LogP contribution in [0.25, 0.3) is 0 Å². The van der Waals surface area contributed by atoms with Gasteiger partial charge in [-0.2, -0.15) is 0 Å². The number of aromatic hydroxyl groups is 1. The summed E-state index contributed by atoms with van der Waals surface area (Å²) in [7, 11) is 0. The average molecular weight is 358 g/mol. The monoisotopic (exact) mass is 357 g/mol. The summed E-state index contributed by atoms with van der Waals surface area (Å²) in [6.45, 7) is 0.757. The average Bonchev–Trinajstić information content (AvgIpc) is 3.11. The molecule has 128 valence electrons. The third-order valence-electron chi connectivity index (χ3n) is 3.48. The molecule has 3 rings (SSSR count). The van der Waals surface area contributed by atoms with Crippen LogP contribution in [0.15, 0.2) is 65.3 Å². The highest BCUT2D eigenvalue weighted by Crippen LogP contribution is 2.23. The van der Waals surface area contributed by atoms with Gasteiger partial charge in [0.2, 0.25) is 0 Å².